The topological polar surface area (TPSA) is 47.9 Å². The van der Waals surface area contributed by atoms with E-state index in [1.165, 1.54) is 0 Å². The average Bonchev–Trinajstić information content (AvgIpc) is 1.61. The largest absolute Gasteiger partial charge is 0.219 e. The Morgan fingerprint density at radius 1 is 1.67 bits per heavy atom. The Balaban J connectivity index is 2.34. The van der Waals surface area contributed by atoms with Gasteiger partial charge in [0, 0.05) is 0 Å². The van der Waals surface area contributed by atoms with E-state index in [0.717, 1.165) is 0 Å². The summed E-state index contributed by atoms with van der Waals surface area (Å²) in [6, 6.07) is 0. The number of hydrogen-bond acceptors (Lipinski definition) is 4. The standard InChI is InChI=1S/CH5O4P/c1-6-5-4-3-2/h2,6H,1H3. The van der Waals surface area contributed by atoms with Gasteiger partial charge in [-0.25, -0.2) is 5.26 Å². The van der Waals surface area contributed by atoms with Crippen molar-refractivity contribution in [3.05, 3.63) is 0 Å². The predicted octanol–water partition coefficient (Wildman–Crippen LogP) is 0.562. The van der Waals surface area contributed by atoms with Crippen LogP contribution in [0.25, 0.3) is 0 Å². The van der Waals surface area contributed by atoms with Gasteiger partial charge in [-0.3, -0.25) is 0 Å². The summed E-state index contributed by atoms with van der Waals surface area (Å²) >= 11 is 0. The maximum Gasteiger partial charge on any atom is 0.0569 e. The lowest BCUT2D eigenvalue weighted by Gasteiger charge is -1.87. The summed E-state index contributed by atoms with van der Waals surface area (Å²) in [5.41, 5.74) is 0. The third-order valence-electron chi connectivity index (χ3n) is 0.148. The van der Waals surface area contributed by atoms with Crippen LogP contribution >= 0.6 is 8.81 Å². The minimum Gasteiger partial charge on any atom is -0.219 e. The fourth-order valence-electron chi connectivity index (χ4n) is 0.0492. The van der Waals surface area contributed by atoms with Crippen molar-refractivity contribution in [3.63, 3.8) is 0 Å². The van der Waals surface area contributed by atoms with Crippen LogP contribution in [0.15, 0.2) is 0 Å². The zero-order valence-electron chi connectivity index (χ0n) is 3.17. The normalized spacial score (nSPS) is 11.0. The molecule has 0 aliphatic carbocycles. The van der Waals surface area contributed by atoms with Gasteiger partial charge in [0.2, 0.25) is 0 Å². The van der Waals surface area contributed by atoms with Gasteiger partial charge in [-0.05, 0) is 16.7 Å². The van der Waals surface area contributed by atoms with Gasteiger partial charge in [0.05, 0.1) is 8.81 Å². The summed E-state index contributed by atoms with van der Waals surface area (Å²) in [5.74, 6) is 0. The summed E-state index contributed by atoms with van der Waals surface area (Å²) in [4.78, 5) is 0. The molecule has 4 nitrogen and oxygen atoms in total. The van der Waals surface area contributed by atoms with Crippen LogP contribution in [0.3, 0.4) is 0 Å². The van der Waals surface area contributed by atoms with E-state index in [1.807, 2.05) is 0 Å². The minimum atomic E-state index is 0.157. The molecule has 0 saturated carbocycles. The molecule has 0 amide bonds. The molecule has 0 saturated heterocycles. The average molecular weight is 112 g/mol. The number of rotatable bonds is 3. The monoisotopic (exact) mass is 112 g/mol. The molecule has 6 heavy (non-hydrogen) atoms. The molecule has 0 aromatic carbocycles. The highest BCUT2D eigenvalue weighted by atomic mass is 31.1. The fourth-order valence-corrected chi connectivity index (χ4v) is 0.148. The van der Waals surface area contributed by atoms with Crippen LogP contribution in [0, 0.1) is 0 Å². The lowest BCUT2D eigenvalue weighted by molar-refractivity contribution is -0.592. The summed E-state index contributed by atoms with van der Waals surface area (Å²) < 4.78 is 4.04. The second kappa shape index (κ2) is 5.27. The Morgan fingerprint density at radius 2 is 2.33 bits per heavy atom. The molecule has 0 aromatic rings. The first-order valence-corrected chi connectivity index (χ1v) is 2.63. The Morgan fingerprint density at radius 3 is 2.50 bits per heavy atom. The van der Waals surface area contributed by atoms with Gasteiger partial charge >= 0.3 is 0 Å². The van der Waals surface area contributed by atoms with E-state index in [4.69, 9.17) is 5.26 Å². The van der Waals surface area contributed by atoms with Crippen LogP contribution in [0.2, 0.25) is 0 Å². The van der Waals surface area contributed by atoms with E-state index < -0.39 is 0 Å². The molecule has 1 N–H and O–H groups in total. The van der Waals surface area contributed by atoms with Crippen molar-refractivity contribution >= 4 is 8.81 Å². The third-order valence-corrected chi connectivity index (χ3v) is 0.382. The fraction of sp³-hybridized carbons (Fsp3) is 1.00. The maximum absolute atomic E-state index is 7.35. The van der Waals surface area contributed by atoms with Crippen LogP contribution < -0.4 is 0 Å². The molecule has 0 fully saturated rings. The minimum absolute atomic E-state index is 0.157. The van der Waals surface area contributed by atoms with Crippen LogP contribution in [-0.4, -0.2) is 11.9 Å². The highest BCUT2D eigenvalue weighted by molar-refractivity contribution is 7.30. The second-order valence-corrected chi connectivity index (χ2v) is 1.00. The highest BCUT2D eigenvalue weighted by Gasteiger charge is 1.74. The van der Waals surface area contributed by atoms with Gasteiger partial charge < -0.3 is 0 Å². The van der Waals surface area contributed by atoms with Gasteiger partial charge in [-0.15, -0.1) is 0 Å². The lowest BCUT2D eigenvalue weighted by Crippen LogP contribution is -1.80. The molecule has 0 radical (unpaired) electrons. The van der Waals surface area contributed by atoms with E-state index in [-0.39, 0.29) is 8.81 Å². The van der Waals surface area contributed by atoms with E-state index in [9.17, 15) is 0 Å². The van der Waals surface area contributed by atoms with Crippen molar-refractivity contribution in [3.8, 4) is 0 Å². The van der Waals surface area contributed by atoms with Crippen molar-refractivity contribution in [1.29, 1.82) is 0 Å². The molecular formula is CH5O4P. The van der Waals surface area contributed by atoms with Crippen molar-refractivity contribution in [1.82, 2.24) is 0 Å². The van der Waals surface area contributed by atoms with Crippen molar-refractivity contribution in [2.24, 2.45) is 0 Å². The van der Waals surface area contributed by atoms with Gasteiger partial charge in [0.15, 0.2) is 0 Å². The Labute approximate surface area is 36.7 Å². The van der Waals surface area contributed by atoms with Crippen LogP contribution in [-0.2, 0) is 14.8 Å². The lowest BCUT2D eigenvalue weighted by atomic mass is 12.0. The van der Waals surface area contributed by atoms with Crippen LogP contribution in [0.5, 0.6) is 0 Å². The van der Waals surface area contributed by atoms with Crippen molar-refractivity contribution in [2.45, 2.75) is 0 Å². The van der Waals surface area contributed by atoms with Crippen LogP contribution in [0.4, 0.5) is 0 Å². The van der Waals surface area contributed by atoms with Gasteiger partial charge in [-0.1, -0.05) is 0 Å². The van der Waals surface area contributed by atoms with E-state index >= 15 is 0 Å². The second-order valence-electron chi connectivity index (χ2n) is 0.430. The summed E-state index contributed by atoms with van der Waals surface area (Å²) in [6.07, 6.45) is 0. The molecule has 38 valence electrons. The van der Waals surface area contributed by atoms with E-state index in [1.54, 1.807) is 6.66 Å². The molecule has 0 aromatic heterocycles. The van der Waals surface area contributed by atoms with Crippen LogP contribution in [0.1, 0.15) is 0 Å². The maximum atomic E-state index is 7.35. The molecule has 1 unspecified atom stereocenters. The zero-order valence-corrected chi connectivity index (χ0v) is 4.17. The molecule has 1 atom stereocenters. The predicted molar refractivity (Wildman–Crippen MR) is 20.1 cm³/mol. The highest BCUT2D eigenvalue weighted by Crippen LogP contribution is 2.02. The molecule has 0 spiro atoms. The molecule has 0 aliphatic rings. The van der Waals surface area contributed by atoms with Gasteiger partial charge in [0.25, 0.3) is 0 Å². The first kappa shape index (κ1) is 6.27. The Kier molecular flexibility index (Phi) is 5.51. The van der Waals surface area contributed by atoms with E-state index in [0.29, 0.717) is 0 Å². The number of hydrogen-bond donors (Lipinski definition) is 1. The zero-order chi connectivity index (χ0) is 4.83. The third kappa shape index (κ3) is 4.27. The molecule has 0 heterocycles. The Bertz CT molecular complexity index is 19.5. The van der Waals surface area contributed by atoms with Gasteiger partial charge in [0.1, 0.15) is 0 Å². The quantitative estimate of drug-likeness (QED) is 0.251. The smallest absolute Gasteiger partial charge is 0.0569 e. The SMILES string of the molecule is CPOOOO. The summed E-state index contributed by atoms with van der Waals surface area (Å²) in [6.45, 7) is 1.72. The molecule has 5 heteroatoms. The first-order chi connectivity index (χ1) is 2.91. The molecular weight excluding hydrogens is 107 g/mol. The summed E-state index contributed by atoms with van der Waals surface area (Å²) in [5, 5.41) is 14.0. The molecule has 0 rings (SSSR count). The molecule has 0 bridgehead atoms. The summed E-state index contributed by atoms with van der Waals surface area (Å²) in [7, 11) is 0.157. The van der Waals surface area contributed by atoms with Crippen molar-refractivity contribution < 1.29 is 20.0 Å². The first-order valence-electron chi connectivity index (χ1n) is 1.22. The van der Waals surface area contributed by atoms with Crippen molar-refractivity contribution in [2.75, 3.05) is 6.66 Å². The van der Waals surface area contributed by atoms with Gasteiger partial charge in [-0.2, -0.15) is 4.67 Å². The Hall–Kier alpha value is 0.270. The van der Waals surface area contributed by atoms with E-state index in [2.05, 4.69) is 14.8 Å². The molecule has 0 aliphatic heterocycles.